The highest BCUT2D eigenvalue weighted by molar-refractivity contribution is 7.36. The van der Waals surface area contributed by atoms with Gasteiger partial charge in [-0.05, 0) is 116 Å². The van der Waals surface area contributed by atoms with Crippen LogP contribution in [0.1, 0.15) is 118 Å². The molecule has 0 saturated carbocycles. The van der Waals surface area contributed by atoms with E-state index in [9.17, 15) is 0 Å². The molecule has 44 heavy (non-hydrogen) atoms. The van der Waals surface area contributed by atoms with Gasteiger partial charge in [-0.15, -0.1) is 22.7 Å². The van der Waals surface area contributed by atoms with Gasteiger partial charge in [-0.1, -0.05) is 48.6 Å². The zero-order valence-corrected chi connectivity index (χ0v) is 25.8. The van der Waals surface area contributed by atoms with Gasteiger partial charge in [-0.25, -0.2) is 0 Å². The zero-order chi connectivity index (χ0) is 27.7. The SMILES string of the molecule is C1=CC2CC1c1c3c(c4cc5c(cc4c12)sc1c2cc4c6c(c7c(c4cc2sc51)[C@@H]1C=C[C@H]7C1)[C@@H]1C=C[C@H]6C1)C1C=CC3C1. The smallest absolute Gasteiger partial charge is 0.0542 e. The molecule has 6 aromatic rings. The zero-order valence-electron chi connectivity index (χ0n) is 24.2. The van der Waals surface area contributed by atoms with Gasteiger partial charge in [0.15, 0.2) is 0 Å². The van der Waals surface area contributed by atoms with Crippen molar-refractivity contribution in [3.8, 4) is 0 Å². The summed E-state index contributed by atoms with van der Waals surface area (Å²) in [6.45, 7) is 0. The summed E-state index contributed by atoms with van der Waals surface area (Å²) in [5.74, 6) is 5.07. The number of hydrogen-bond acceptors (Lipinski definition) is 2. The second-order valence-electron chi connectivity index (χ2n) is 15.3. The predicted molar refractivity (Wildman–Crippen MR) is 187 cm³/mol. The van der Waals surface area contributed by atoms with Crippen molar-refractivity contribution in [2.24, 2.45) is 0 Å². The number of fused-ring (bicyclic) bond motifs is 33. The summed E-state index contributed by atoms with van der Waals surface area (Å²) in [5.41, 5.74) is 13.7. The number of hydrogen-bond donors (Lipinski definition) is 0. The number of rotatable bonds is 0. The minimum atomic E-state index is 0.614. The first-order valence-electron chi connectivity index (χ1n) is 17.0. The topological polar surface area (TPSA) is 0 Å². The van der Waals surface area contributed by atoms with Crippen LogP contribution >= 0.6 is 22.7 Å². The normalized spacial score (nSPS) is 33.2. The second kappa shape index (κ2) is 6.86. The first kappa shape index (κ1) is 22.1. The van der Waals surface area contributed by atoms with Crippen LogP contribution in [0.25, 0.3) is 51.1 Å². The minimum Gasteiger partial charge on any atom is -0.134 e. The molecular formula is C42H28S2. The van der Waals surface area contributed by atoms with Gasteiger partial charge in [0.2, 0.25) is 0 Å². The van der Waals surface area contributed by atoms with E-state index in [0.717, 1.165) is 0 Å². The average Bonchev–Trinajstić information content (AvgIpc) is 3.90. The van der Waals surface area contributed by atoms with Gasteiger partial charge >= 0.3 is 0 Å². The lowest BCUT2D eigenvalue weighted by Crippen LogP contribution is -2.05. The van der Waals surface area contributed by atoms with Gasteiger partial charge in [-0.2, -0.15) is 0 Å². The van der Waals surface area contributed by atoms with E-state index >= 15 is 0 Å². The van der Waals surface area contributed by atoms with E-state index < -0.39 is 0 Å². The second-order valence-corrected chi connectivity index (χ2v) is 17.4. The highest BCUT2D eigenvalue weighted by atomic mass is 32.1. The molecule has 0 nitrogen and oxygen atoms in total. The fourth-order valence-corrected chi connectivity index (χ4v) is 14.8. The molecular weight excluding hydrogens is 569 g/mol. The van der Waals surface area contributed by atoms with Crippen LogP contribution in [0.3, 0.4) is 0 Å². The Balaban J connectivity index is 1.10. The van der Waals surface area contributed by atoms with Crippen molar-refractivity contribution in [2.45, 2.75) is 73.0 Å². The van der Waals surface area contributed by atoms with Crippen molar-refractivity contribution < 1.29 is 0 Å². The Kier molecular flexibility index (Phi) is 3.45. The molecule has 4 aromatic carbocycles. The maximum absolute atomic E-state index is 2.66. The van der Waals surface area contributed by atoms with E-state index in [1.807, 2.05) is 0 Å². The number of thiophene rings is 2. The van der Waals surface area contributed by atoms with E-state index in [1.165, 1.54) is 55.3 Å². The lowest BCUT2D eigenvalue weighted by atomic mass is 9.80. The van der Waals surface area contributed by atoms with Crippen molar-refractivity contribution in [2.75, 3.05) is 0 Å². The third-order valence-corrected chi connectivity index (χ3v) is 16.1. The molecule has 208 valence electrons. The highest BCUT2D eigenvalue weighted by Crippen LogP contribution is 2.64. The van der Waals surface area contributed by atoms with Gasteiger partial charge < -0.3 is 0 Å². The molecule has 0 radical (unpaired) electrons. The Bertz CT molecular complexity index is 2430. The van der Waals surface area contributed by atoms with Crippen molar-refractivity contribution in [3.63, 3.8) is 0 Å². The van der Waals surface area contributed by atoms with Gasteiger partial charge in [0.25, 0.3) is 0 Å². The summed E-state index contributed by atoms with van der Waals surface area (Å²) in [4.78, 5) is 0. The summed E-state index contributed by atoms with van der Waals surface area (Å²) < 4.78 is 6.05. The molecule has 8 aliphatic carbocycles. The fourth-order valence-electron chi connectivity index (χ4n) is 12.1. The average molecular weight is 597 g/mol. The molecule has 2 heterocycles. The first-order chi connectivity index (χ1) is 21.8. The Morgan fingerprint density at radius 1 is 0.318 bits per heavy atom. The third kappa shape index (κ3) is 2.22. The van der Waals surface area contributed by atoms with E-state index in [0.29, 0.717) is 47.3 Å². The summed E-state index contributed by atoms with van der Waals surface area (Å²) in [6.07, 6.45) is 25.4. The van der Waals surface area contributed by atoms with Gasteiger partial charge in [0.05, 0.1) is 9.40 Å². The van der Waals surface area contributed by atoms with Crippen LogP contribution in [-0.2, 0) is 0 Å². The maximum atomic E-state index is 2.66. The summed E-state index contributed by atoms with van der Waals surface area (Å²) >= 11 is 4.15. The van der Waals surface area contributed by atoms with Gasteiger partial charge in [0.1, 0.15) is 0 Å². The first-order valence-corrected chi connectivity index (χ1v) is 18.6. The Hall–Kier alpha value is -3.46. The van der Waals surface area contributed by atoms with Crippen LogP contribution in [0, 0.1) is 0 Å². The molecule has 8 atom stereocenters. The van der Waals surface area contributed by atoms with Crippen molar-refractivity contribution in [3.05, 3.63) is 117 Å². The van der Waals surface area contributed by atoms with Crippen LogP contribution < -0.4 is 0 Å². The van der Waals surface area contributed by atoms with Crippen LogP contribution in [0.15, 0.2) is 72.9 Å². The molecule has 2 heteroatoms. The Morgan fingerprint density at radius 2 is 0.591 bits per heavy atom. The molecule has 0 saturated heterocycles. The lowest BCUT2D eigenvalue weighted by Gasteiger charge is -2.24. The Morgan fingerprint density at radius 3 is 0.909 bits per heavy atom. The molecule has 2 aromatic heterocycles. The molecule has 4 unspecified atom stereocenters. The molecule has 0 aliphatic heterocycles. The number of benzene rings is 4. The van der Waals surface area contributed by atoms with Crippen LogP contribution in [-0.4, -0.2) is 0 Å². The van der Waals surface area contributed by atoms with Crippen molar-refractivity contribution in [1.82, 2.24) is 0 Å². The molecule has 0 spiro atoms. The largest absolute Gasteiger partial charge is 0.134 e. The Labute approximate surface area is 263 Å². The molecule has 0 N–H and O–H groups in total. The summed E-state index contributed by atoms with van der Waals surface area (Å²) in [5, 5.41) is 9.32. The maximum Gasteiger partial charge on any atom is 0.0542 e. The van der Waals surface area contributed by atoms with E-state index in [1.54, 1.807) is 66.1 Å². The quantitative estimate of drug-likeness (QED) is 0.153. The highest BCUT2D eigenvalue weighted by Gasteiger charge is 2.46. The van der Waals surface area contributed by atoms with Crippen molar-refractivity contribution in [1.29, 1.82) is 0 Å². The molecule has 0 amide bonds. The molecule has 0 fully saturated rings. The summed E-state index contributed by atoms with van der Waals surface area (Å²) in [7, 11) is 0. The minimum absolute atomic E-state index is 0.614. The monoisotopic (exact) mass is 596 g/mol. The predicted octanol–water partition coefficient (Wildman–Crippen LogP) is 12.1. The molecule has 8 bridgehead atoms. The molecule has 8 aliphatic rings. The van der Waals surface area contributed by atoms with Crippen LogP contribution in [0.2, 0.25) is 0 Å². The lowest BCUT2D eigenvalue weighted by molar-refractivity contribution is 0.783. The van der Waals surface area contributed by atoms with E-state index in [2.05, 4.69) is 95.5 Å². The standard InChI is InChI=1S/C42H28S2/c1-5-21-9-17(1)33-25-13-29-31(15-27(25)35-19-3-7-23(11-19)39(35)37(21)33)43-42-30-14-26-28(16-32(30)44-41(29)42)36-20-4-8-24(12-20)40(36)38-22-6-2-18(10-22)34(26)38/h1-8,13-24H,9-12H2/t17-,18?,19+,20?,21+,22?,23-,24?/m0/s1. The summed E-state index contributed by atoms with van der Waals surface area (Å²) in [6, 6.07) is 10.6. The van der Waals surface area contributed by atoms with Crippen molar-refractivity contribution >= 4 is 73.8 Å². The van der Waals surface area contributed by atoms with Crippen LogP contribution in [0.4, 0.5) is 0 Å². The third-order valence-electron chi connectivity index (χ3n) is 13.6. The van der Waals surface area contributed by atoms with E-state index in [4.69, 9.17) is 0 Å². The fraction of sp³-hybridized carbons (Fsp3) is 0.286. The van der Waals surface area contributed by atoms with E-state index in [-0.39, 0.29) is 0 Å². The van der Waals surface area contributed by atoms with Gasteiger partial charge in [0, 0.05) is 67.5 Å². The van der Waals surface area contributed by atoms with Crippen LogP contribution in [0.5, 0.6) is 0 Å². The molecule has 14 rings (SSSR count). The van der Waals surface area contributed by atoms with Gasteiger partial charge in [-0.3, -0.25) is 0 Å². The number of allylic oxidation sites excluding steroid dienone is 8.